The highest BCUT2D eigenvalue weighted by Crippen LogP contribution is 2.37. The Balaban J connectivity index is 1.42. The number of aromatic nitrogens is 2. The monoisotopic (exact) mass is 598 g/mol. The molecule has 4 N–H and O–H groups in total. The summed E-state index contributed by atoms with van der Waals surface area (Å²) in [6, 6.07) is 17.3. The first kappa shape index (κ1) is 31.0. The van der Waals surface area contributed by atoms with Gasteiger partial charge in [0.05, 0.1) is 0 Å². The third-order valence-corrected chi connectivity index (χ3v) is 8.77. The molecule has 1 saturated heterocycles. The van der Waals surface area contributed by atoms with E-state index in [2.05, 4.69) is 15.3 Å². The predicted molar refractivity (Wildman–Crippen MR) is 168 cm³/mol. The summed E-state index contributed by atoms with van der Waals surface area (Å²) in [4.78, 5) is 52.6. The van der Waals surface area contributed by atoms with Crippen molar-refractivity contribution in [2.24, 2.45) is 5.92 Å². The number of carboxylic acid groups (broad SMARTS) is 1. The quantitative estimate of drug-likeness (QED) is 0.352. The number of rotatable bonds is 8. The van der Waals surface area contributed by atoms with E-state index >= 15 is 0 Å². The van der Waals surface area contributed by atoms with Gasteiger partial charge in [0.25, 0.3) is 0 Å². The van der Waals surface area contributed by atoms with E-state index in [4.69, 9.17) is 5.73 Å². The summed E-state index contributed by atoms with van der Waals surface area (Å²) in [6.07, 6.45) is 4.16. The Labute approximate surface area is 258 Å². The topological polar surface area (TPSA) is 142 Å². The number of benzene rings is 2. The number of fused-ring (bicyclic) bond motifs is 1. The fraction of sp³-hybridized carbons (Fsp3) is 0.441. The minimum absolute atomic E-state index is 0.206. The van der Waals surface area contributed by atoms with E-state index in [9.17, 15) is 19.5 Å². The molecule has 0 saturated carbocycles. The molecule has 3 aromatic rings. The highest BCUT2D eigenvalue weighted by atomic mass is 16.4. The minimum Gasteiger partial charge on any atom is -0.465 e. The number of likely N-dealkylation sites (tertiary alicyclic amines) is 1. The third kappa shape index (κ3) is 6.69. The molecule has 1 aliphatic carbocycles. The summed E-state index contributed by atoms with van der Waals surface area (Å²) in [5.74, 6) is -0.653. The summed E-state index contributed by atoms with van der Waals surface area (Å²) >= 11 is 0. The number of nitrogens with one attached hydrogen (secondary N) is 1. The van der Waals surface area contributed by atoms with Crippen molar-refractivity contribution in [2.45, 2.75) is 76.4 Å². The first-order valence-electron chi connectivity index (χ1n) is 15.3. The predicted octanol–water partition coefficient (Wildman–Crippen LogP) is 4.25. The van der Waals surface area contributed by atoms with Crippen LogP contribution in [0.1, 0.15) is 68.3 Å². The maximum absolute atomic E-state index is 14.7. The first-order valence-corrected chi connectivity index (χ1v) is 15.3. The van der Waals surface area contributed by atoms with Gasteiger partial charge in [-0.3, -0.25) is 14.5 Å². The van der Waals surface area contributed by atoms with Gasteiger partial charge in [-0.2, -0.15) is 0 Å². The third-order valence-electron chi connectivity index (χ3n) is 8.77. The van der Waals surface area contributed by atoms with Crippen LogP contribution in [0.15, 0.2) is 66.9 Å². The van der Waals surface area contributed by atoms with Gasteiger partial charge in [-0.05, 0) is 75.5 Å². The summed E-state index contributed by atoms with van der Waals surface area (Å²) in [5.41, 5.74) is 8.52. The molecule has 2 aromatic carbocycles. The van der Waals surface area contributed by atoms with Gasteiger partial charge in [0.15, 0.2) is 0 Å². The van der Waals surface area contributed by atoms with E-state index < -0.39 is 29.6 Å². The molecule has 3 atom stereocenters. The van der Waals surface area contributed by atoms with E-state index in [0.717, 1.165) is 41.6 Å². The van der Waals surface area contributed by atoms with Gasteiger partial charge in [0.2, 0.25) is 17.8 Å². The van der Waals surface area contributed by atoms with Gasteiger partial charge in [0, 0.05) is 36.4 Å². The molecule has 232 valence electrons. The van der Waals surface area contributed by atoms with E-state index in [-0.39, 0.29) is 23.7 Å². The van der Waals surface area contributed by atoms with Crippen LogP contribution < -0.4 is 11.1 Å². The van der Waals surface area contributed by atoms with E-state index in [1.54, 1.807) is 31.9 Å². The van der Waals surface area contributed by atoms with Gasteiger partial charge in [-0.25, -0.2) is 14.8 Å². The second-order valence-corrected chi connectivity index (χ2v) is 12.8. The summed E-state index contributed by atoms with van der Waals surface area (Å²) in [5, 5.41) is 13.7. The zero-order valence-corrected chi connectivity index (χ0v) is 25.6. The van der Waals surface area contributed by atoms with Gasteiger partial charge in [0.1, 0.15) is 12.1 Å². The normalized spacial score (nSPS) is 18.9. The Morgan fingerprint density at radius 2 is 1.68 bits per heavy atom. The van der Waals surface area contributed by atoms with Crippen LogP contribution in [-0.2, 0) is 22.4 Å². The molecule has 0 bridgehead atoms. The molecule has 1 aromatic heterocycles. The van der Waals surface area contributed by atoms with Gasteiger partial charge < -0.3 is 21.1 Å². The van der Waals surface area contributed by atoms with E-state index in [1.165, 1.54) is 4.90 Å². The Morgan fingerprint density at radius 1 is 1.05 bits per heavy atom. The molecule has 2 heterocycles. The molecule has 0 spiro atoms. The van der Waals surface area contributed by atoms with Crippen LogP contribution in [0, 0.1) is 5.92 Å². The van der Waals surface area contributed by atoms with Crippen molar-refractivity contribution in [3.63, 3.8) is 0 Å². The molecular weight excluding hydrogens is 556 g/mol. The number of carbonyl (C=O) groups excluding carboxylic acids is 2. The molecule has 0 radical (unpaired) electrons. The lowest BCUT2D eigenvalue weighted by molar-refractivity contribution is -0.144. The molecule has 1 fully saturated rings. The zero-order chi connectivity index (χ0) is 31.4. The molecular formula is C34H42N6O4. The molecule has 1 aliphatic heterocycles. The summed E-state index contributed by atoms with van der Waals surface area (Å²) in [6.45, 7) is 6.25. The van der Waals surface area contributed by atoms with Crippen molar-refractivity contribution in [3.8, 4) is 0 Å². The SMILES string of the molecule is CC(C)(C)N(C(=O)O)[C@@H](C(=O)N1CCC[C@H]1C(=O)NCC1CCc2nc(N)ncc2C1)C(c1ccccc1)c1ccccc1. The van der Waals surface area contributed by atoms with Crippen molar-refractivity contribution >= 4 is 23.9 Å². The van der Waals surface area contributed by atoms with Crippen molar-refractivity contribution in [1.29, 1.82) is 0 Å². The first-order chi connectivity index (χ1) is 21.0. The average molecular weight is 599 g/mol. The number of hydrogen-bond donors (Lipinski definition) is 3. The highest BCUT2D eigenvalue weighted by Gasteiger charge is 2.47. The van der Waals surface area contributed by atoms with Gasteiger partial charge in [-0.15, -0.1) is 0 Å². The van der Waals surface area contributed by atoms with Crippen molar-refractivity contribution in [3.05, 3.63) is 89.2 Å². The maximum atomic E-state index is 14.7. The van der Waals surface area contributed by atoms with E-state index in [1.807, 2.05) is 60.7 Å². The van der Waals surface area contributed by atoms with E-state index in [0.29, 0.717) is 25.9 Å². The zero-order valence-electron chi connectivity index (χ0n) is 25.6. The van der Waals surface area contributed by atoms with Gasteiger partial charge >= 0.3 is 6.09 Å². The number of carbonyl (C=O) groups is 3. The van der Waals surface area contributed by atoms with Crippen molar-refractivity contribution in [2.75, 3.05) is 18.8 Å². The molecule has 10 nitrogen and oxygen atoms in total. The molecule has 5 rings (SSSR count). The standard InChI is InChI=1S/C34H42N6O4/c1-34(2,3)40(33(43)44)29(28(23-11-6-4-7-12-23)24-13-8-5-9-14-24)31(42)39-18-10-15-27(39)30(41)36-20-22-16-17-26-25(19-22)21-37-32(35)38-26/h4-9,11-14,21-22,27-29H,10,15-20H2,1-3H3,(H,36,41)(H,43,44)(H2,35,37,38)/t22?,27-,29+/m0/s1. The van der Waals surface area contributed by atoms with Crippen LogP contribution in [-0.4, -0.2) is 73.5 Å². The Hall–Kier alpha value is -4.47. The molecule has 2 aliphatic rings. The fourth-order valence-electron chi connectivity index (χ4n) is 6.71. The van der Waals surface area contributed by atoms with Gasteiger partial charge in [-0.1, -0.05) is 60.7 Å². The smallest absolute Gasteiger partial charge is 0.408 e. The molecule has 44 heavy (non-hydrogen) atoms. The second kappa shape index (κ2) is 13.0. The van der Waals surface area contributed by atoms with Crippen LogP contribution >= 0.6 is 0 Å². The van der Waals surface area contributed by atoms with Crippen molar-refractivity contribution in [1.82, 2.24) is 25.1 Å². The largest absolute Gasteiger partial charge is 0.465 e. The lowest BCUT2D eigenvalue weighted by Crippen LogP contribution is -2.61. The van der Waals surface area contributed by atoms with Crippen LogP contribution in [0.2, 0.25) is 0 Å². The number of anilines is 1. The summed E-state index contributed by atoms with van der Waals surface area (Å²) in [7, 11) is 0. The maximum Gasteiger partial charge on any atom is 0.408 e. The second-order valence-electron chi connectivity index (χ2n) is 12.8. The molecule has 3 amide bonds. The number of hydrogen-bond acceptors (Lipinski definition) is 6. The lowest BCUT2D eigenvalue weighted by atomic mass is 9.82. The number of aryl methyl sites for hydroxylation is 1. The lowest BCUT2D eigenvalue weighted by Gasteiger charge is -2.44. The molecule has 1 unspecified atom stereocenters. The van der Waals surface area contributed by atoms with Crippen LogP contribution in [0.4, 0.5) is 10.7 Å². The van der Waals surface area contributed by atoms with Crippen LogP contribution in [0.3, 0.4) is 0 Å². The summed E-state index contributed by atoms with van der Waals surface area (Å²) < 4.78 is 0. The molecule has 10 heteroatoms. The number of nitrogens with zero attached hydrogens (tertiary/aromatic N) is 4. The number of amides is 3. The average Bonchev–Trinajstić information content (AvgIpc) is 3.50. The van der Waals surface area contributed by atoms with Crippen LogP contribution in [0.25, 0.3) is 0 Å². The Kier molecular flexibility index (Phi) is 9.17. The fourth-order valence-corrected chi connectivity index (χ4v) is 6.71. The van der Waals surface area contributed by atoms with Crippen molar-refractivity contribution < 1.29 is 19.5 Å². The number of nitrogen functional groups attached to an aromatic ring is 1. The number of nitrogens with two attached hydrogens (primary N) is 1. The van der Waals surface area contributed by atoms with Crippen LogP contribution in [0.5, 0.6) is 0 Å². The minimum atomic E-state index is -1.18. The Bertz CT molecular complexity index is 1440. The Morgan fingerprint density at radius 3 is 2.27 bits per heavy atom. The highest BCUT2D eigenvalue weighted by molar-refractivity contribution is 5.93.